The van der Waals surface area contributed by atoms with Crippen LogP contribution in [0.3, 0.4) is 0 Å². The van der Waals surface area contributed by atoms with Crippen molar-refractivity contribution in [2.45, 2.75) is 26.6 Å². The fraction of sp³-hybridized carbons (Fsp3) is 0.333. The van der Waals surface area contributed by atoms with Gasteiger partial charge in [-0.25, -0.2) is 0 Å². The van der Waals surface area contributed by atoms with Gasteiger partial charge in [-0.2, -0.15) is 13.9 Å². The molecule has 1 heterocycles. The number of amides is 1. The highest BCUT2D eigenvalue weighted by molar-refractivity contribution is 5.96. The first kappa shape index (κ1) is 15.9. The van der Waals surface area contributed by atoms with Crippen molar-refractivity contribution < 1.29 is 18.3 Å². The Morgan fingerprint density at radius 1 is 1.36 bits per heavy atom. The van der Waals surface area contributed by atoms with Crippen LogP contribution in [0.1, 0.15) is 23.0 Å². The van der Waals surface area contributed by atoms with Crippen LogP contribution in [0.5, 0.6) is 5.75 Å². The van der Waals surface area contributed by atoms with E-state index in [1.165, 1.54) is 17.0 Å². The lowest BCUT2D eigenvalue weighted by molar-refractivity contribution is -0.0502. The molecule has 2 aromatic rings. The molecule has 0 saturated heterocycles. The van der Waals surface area contributed by atoms with E-state index in [0.29, 0.717) is 13.1 Å². The number of alkyl halides is 2. The Balaban J connectivity index is 2.17. The molecule has 0 spiro atoms. The predicted molar refractivity (Wildman–Crippen MR) is 76.8 cm³/mol. The van der Waals surface area contributed by atoms with Crippen molar-refractivity contribution in [2.75, 3.05) is 7.05 Å². The molecule has 5 nitrogen and oxygen atoms in total. The molecule has 7 heteroatoms. The van der Waals surface area contributed by atoms with Crippen LogP contribution in [0, 0.1) is 0 Å². The van der Waals surface area contributed by atoms with Crippen LogP contribution in [0.15, 0.2) is 36.5 Å². The number of aromatic nitrogens is 2. The molecule has 0 unspecified atom stereocenters. The van der Waals surface area contributed by atoms with Crippen LogP contribution in [0.4, 0.5) is 8.78 Å². The molecule has 0 fully saturated rings. The zero-order valence-corrected chi connectivity index (χ0v) is 12.4. The Labute approximate surface area is 127 Å². The second kappa shape index (κ2) is 7.02. The zero-order chi connectivity index (χ0) is 16.1. The molecular weight excluding hydrogens is 292 g/mol. The number of para-hydroxylation sites is 1. The number of ether oxygens (including phenoxy) is 1. The molecule has 0 radical (unpaired) electrons. The SMILES string of the molecule is CCn1nccc1CN(C)C(=O)c1ccccc1OC(F)F. The van der Waals surface area contributed by atoms with Gasteiger partial charge in [-0.15, -0.1) is 0 Å². The van der Waals surface area contributed by atoms with Gasteiger partial charge in [0.2, 0.25) is 0 Å². The Morgan fingerprint density at radius 3 is 2.77 bits per heavy atom. The molecule has 0 atom stereocenters. The molecule has 118 valence electrons. The average Bonchev–Trinajstić information content (AvgIpc) is 2.93. The first-order valence-corrected chi connectivity index (χ1v) is 6.83. The largest absolute Gasteiger partial charge is 0.434 e. The van der Waals surface area contributed by atoms with Crippen molar-refractivity contribution in [3.8, 4) is 5.75 Å². The number of rotatable bonds is 6. The topological polar surface area (TPSA) is 47.4 Å². The maximum absolute atomic E-state index is 12.4. The van der Waals surface area contributed by atoms with E-state index in [1.807, 2.05) is 13.0 Å². The molecule has 1 aromatic carbocycles. The average molecular weight is 309 g/mol. The van der Waals surface area contributed by atoms with Gasteiger partial charge in [0, 0.05) is 19.8 Å². The van der Waals surface area contributed by atoms with Gasteiger partial charge in [0.05, 0.1) is 17.8 Å². The second-order valence-corrected chi connectivity index (χ2v) is 4.67. The molecule has 22 heavy (non-hydrogen) atoms. The van der Waals surface area contributed by atoms with Crippen molar-refractivity contribution in [1.82, 2.24) is 14.7 Å². The molecule has 2 rings (SSSR count). The highest BCUT2D eigenvalue weighted by atomic mass is 19.3. The minimum atomic E-state index is -2.97. The summed E-state index contributed by atoms with van der Waals surface area (Å²) in [4.78, 5) is 13.9. The number of benzene rings is 1. The van der Waals surface area contributed by atoms with E-state index in [0.717, 1.165) is 5.69 Å². The third-order valence-corrected chi connectivity index (χ3v) is 3.18. The van der Waals surface area contributed by atoms with E-state index in [9.17, 15) is 13.6 Å². The van der Waals surface area contributed by atoms with E-state index in [1.54, 1.807) is 30.1 Å². The zero-order valence-electron chi connectivity index (χ0n) is 12.4. The quantitative estimate of drug-likeness (QED) is 0.824. The van der Waals surface area contributed by atoms with Crippen LogP contribution in [0.2, 0.25) is 0 Å². The van der Waals surface area contributed by atoms with Crippen LogP contribution < -0.4 is 4.74 Å². The highest BCUT2D eigenvalue weighted by Gasteiger charge is 2.19. The summed E-state index contributed by atoms with van der Waals surface area (Å²) in [7, 11) is 1.61. The molecular formula is C15H17F2N3O2. The number of halogens is 2. The minimum Gasteiger partial charge on any atom is -0.434 e. The molecule has 0 aliphatic heterocycles. The van der Waals surface area contributed by atoms with E-state index in [4.69, 9.17) is 0 Å². The summed E-state index contributed by atoms with van der Waals surface area (Å²) in [6.07, 6.45) is 1.66. The van der Waals surface area contributed by atoms with E-state index in [2.05, 4.69) is 9.84 Å². The van der Waals surface area contributed by atoms with Crippen molar-refractivity contribution in [3.63, 3.8) is 0 Å². The monoisotopic (exact) mass is 309 g/mol. The molecule has 0 aliphatic carbocycles. The van der Waals surface area contributed by atoms with E-state index in [-0.39, 0.29) is 17.2 Å². The van der Waals surface area contributed by atoms with Gasteiger partial charge in [0.15, 0.2) is 0 Å². The van der Waals surface area contributed by atoms with E-state index >= 15 is 0 Å². The first-order chi connectivity index (χ1) is 10.5. The summed E-state index contributed by atoms with van der Waals surface area (Å²) in [6.45, 7) is -0.00401. The van der Waals surface area contributed by atoms with Crippen molar-refractivity contribution in [3.05, 3.63) is 47.8 Å². The van der Waals surface area contributed by atoms with Crippen LogP contribution >= 0.6 is 0 Å². The number of aryl methyl sites for hydroxylation is 1. The molecule has 1 aromatic heterocycles. The smallest absolute Gasteiger partial charge is 0.387 e. The molecule has 0 aliphatic rings. The summed E-state index contributed by atoms with van der Waals surface area (Å²) in [6, 6.07) is 7.78. The Hall–Kier alpha value is -2.44. The molecule has 1 amide bonds. The Morgan fingerprint density at radius 2 is 2.09 bits per heavy atom. The Bertz CT molecular complexity index is 643. The maximum atomic E-state index is 12.4. The van der Waals surface area contributed by atoms with Gasteiger partial charge in [0.25, 0.3) is 5.91 Å². The van der Waals surface area contributed by atoms with Crippen LogP contribution in [-0.4, -0.2) is 34.2 Å². The molecule has 0 N–H and O–H groups in total. The number of nitrogens with zero attached hydrogens (tertiary/aromatic N) is 3. The lowest BCUT2D eigenvalue weighted by Gasteiger charge is -2.19. The van der Waals surface area contributed by atoms with Gasteiger partial charge >= 0.3 is 6.61 Å². The van der Waals surface area contributed by atoms with Crippen LogP contribution in [0.25, 0.3) is 0 Å². The minimum absolute atomic E-state index is 0.105. The lowest BCUT2D eigenvalue weighted by atomic mass is 10.1. The predicted octanol–water partition coefficient (Wildman–Crippen LogP) is 2.78. The second-order valence-electron chi connectivity index (χ2n) is 4.67. The fourth-order valence-electron chi connectivity index (χ4n) is 2.14. The van der Waals surface area contributed by atoms with Crippen molar-refractivity contribution >= 4 is 5.91 Å². The number of carbonyl (C=O) groups is 1. The summed E-state index contributed by atoms with van der Waals surface area (Å²) in [5.41, 5.74) is 0.971. The number of carbonyl (C=O) groups excluding carboxylic acids is 1. The van der Waals surface area contributed by atoms with Crippen LogP contribution in [-0.2, 0) is 13.1 Å². The summed E-state index contributed by atoms with van der Waals surface area (Å²) < 4.78 is 31.0. The normalized spacial score (nSPS) is 10.8. The highest BCUT2D eigenvalue weighted by Crippen LogP contribution is 2.22. The molecule has 0 bridgehead atoms. The number of hydrogen-bond acceptors (Lipinski definition) is 3. The first-order valence-electron chi connectivity index (χ1n) is 6.83. The van der Waals surface area contributed by atoms with Gasteiger partial charge in [-0.05, 0) is 25.1 Å². The fourth-order valence-corrected chi connectivity index (χ4v) is 2.14. The number of hydrogen-bond donors (Lipinski definition) is 0. The summed E-state index contributed by atoms with van der Waals surface area (Å²) in [5, 5.41) is 4.13. The summed E-state index contributed by atoms with van der Waals surface area (Å²) >= 11 is 0. The molecule has 0 saturated carbocycles. The van der Waals surface area contributed by atoms with Gasteiger partial charge in [0.1, 0.15) is 5.75 Å². The third-order valence-electron chi connectivity index (χ3n) is 3.18. The van der Waals surface area contributed by atoms with E-state index < -0.39 is 6.61 Å². The standard InChI is InChI=1S/C15H17F2N3O2/c1-3-20-11(8-9-18-20)10-19(2)14(21)12-6-4-5-7-13(12)22-15(16)17/h4-9,15H,3,10H2,1-2H3. The van der Waals surface area contributed by atoms with Crippen molar-refractivity contribution in [2.24, 2.45) is 0 Å². The maximum Gasteiger partial charge on any atom is 0.387 e. The summed E-state index contributed by atoms with van der Waals surface area (Å²) in [5.74, 6) is -0.515. The van der Waals surface area contributed by atoms with Gasteiger partial charge < -0.3 is 9.64 Å². The van der Waals surface area contributed by atoms with Gasteiger partial charge in [-0.1, -0.05) is 12.1 Å². The van der Waals surface area contributed by atoms with Crippen molar-refractivity contribution in [1.29, 1.82) is 0 Å². The third kappa shape index (κ3) is 3.60. The van der Waals surface area contributed by atoms with Gasteiger partial charge in [-0.3, -0.25) is 9.48 Å². The lowest BCUT2D eigenvalue weighted by Crippen LogP contribution is -2.28. The Kier molecular flexibility index (Phi) is 5.08.